The van der Waals surface area contributed by atoms with E-state index in [9.17, 15) is 14.7 Å². The number of halogens is 1. The quantitative estimate of drug-likeness (QED) is 0.263. The molecule has 3 aromatic carbocycles. The van der Waals surface area contributed by atoms with Crippen molar-refractivity contribution >= 4 is 50.2 Å². The average Bonchev–Trinajstić information content (AvgIpc) is 3.36. The molecule has 5 rings (SSSR count). The van der Waals surface area contributed by atoms with Gasteiger partial charge in [0.05, 0.1) is 26.9 Å². The number of hydrogen-bond donors (Lipinski definition) is 1. The maximum absolute atomic E-state index is 12.5. The molecular formula is C29H28ClN3O4S. The van der Waals surface area contributed by atoms with Crippen molar-refractivity contribution in [2.24, 2.45) is 14.1 Å². The number of aromatic nitrogens is 3. The van der Waals surface area contributed by atoms with E-state index in [0.29, 0.717) is 10.6 Å². The summed E-state index contributed by atoms with van der Waals surface area (Å²) in [5.74, 6) is -1.06. The van der Waals surface area contributed by atoms with Crippen LogP contribution in [0.25, 0.3) is 42.9 Å². The molecule has 2 aromatic heterocycles. The van der Waals surface area contributed by atoms with Gasteiger partial charge in [-0.25, -0.2) is 14.6 Å². The SMILES string of the molecule is Cc1cc2nc(-c3ccc4c(c3)n(C)c(=O)n4C)sc2c(-c2ccc(Cl)cc2)c1C(OC(C)(C)C)C(=O)O. The predicted octanol–water partition coefficient (Wildman–Crippen LogP) is 6.72. The molecule has 38 heavy (non-hydrogen) atoms. The number of carbonyl (C=O) groups is 1. The minimum absolute atomic E-state index is 0.0923. The third-order valence-electron chi connectivity index (χ3n) is 6.54. The molecule has 0 saturated carbocycles. The lowest BCUT2D eigenvalue weighted by Crippen LogP contribution is -2.28. The topological polar surface area (TPSA) is 86.4 Å². The van der Waals surface area contributed by atoms with E-state index < -0.39 is 17.7 Å². The van der Waals surface area contributed by atoms with Gasteiger partial charge in [-0.05, 0) is 75.2 Å². The van der Waals surface area contributed by atoms with Crippen LogP contribution in [-0.2, 0) is 23.6 Å². The number of aliphatic carboxylic acids is 1. The van der Waals surface area contributed by atoms with Crippen molar-refractivity contribution in [3.63, 3.8) is 0 Å². The first-order valence-corrected chi connectivity index (χ1v) is 13.3. The van der Waals surface area contributed by atoms with E-state index in [0.717, 1.165) is 48.5 Å². The summed E-state index contributed by atoms with van der Waals surface area (Å²) in [6, 6.07) is 15.1. The van der Waals surface area contributed by atoms with Crippen LogP contribution in [0, 0.1) is 6.92 Å². The van der Waals surface area contributed by atoms with Crippen LogP contribution in [0.1, 0.15) is 38.0 Å². The van der Waals surface area contributed by atoms with Gasteiger partial charge in [0.2, 0.25) is 0 Å². The van der Waals surface area contributed by atoms with Gasteiger partial charge < -0.3 is 9.84 Å². The first kappa shape index (κ1) is 26.2. The molecule has 5 aromatic rings. The van der Waals surface area contributed by atoms with Crippen LogP contribution < -0.4 is 5.69 Å². The molecule has 0 amide bonds. The highest BCUT2D eigenvalue weighted by Crippen LogP contribution is 2.44. The number of carboxylic acid groups (broad SMARTS) is 1. The van der Waals surface area contributed by atoms with Gasteiger partial charge in [0.1, 0.15) is 5.01 Å². The third-order valence-corrected chi connectivity index (χ3v) is 7.93. The summed E-state index contributed by atoms with van der Waals surface area (Å²) in [5.41, 5.74) is 5.49. The van der Waals surface area contributed by atoms with Crippen molar-refractivity contribution in [1.29, 1.82) is 0 Å². The predicted molar refractivity (Wildman–Crippen MR) is 153 cm³/mol. The third kappa shape index (κ3) is 4.53. The molecule has 0 fully saturated rings. The highest BCUT2D eigenvalue weighted by Gasteiger charge is 2.32. The number of hydrogen-bond acceptors (Lipinski definition) is 5. The first-order chi connectivity index (χ1) is 17.9. The minimum atomic E-state index is -1.18. The Labute approximate surface area is 228 Å². The Morgan fingerprint density at radius 2 is 1.66 bits per heavy atom. The Hall–Kier alpha value is -3.46. The molecule has 196 valence electrons. The fourth-order valence-electron chi connectivity index (χ4n) is 4.80. The second-order valence-corrected chi connectivity index (χ2v) is 11.8. The zero-order valence-corrected chi connectivity index (χ0v) is 23.6. The summed E-state index contributed by atoms with van der Waals surface area (Å²) in [4.78, 5) is 29.9. The van der Waals surface area contributed by atoms with E-state index in [1.807, 2.05) is 64.1 Å². The van der Waals surface area contributed by atoms with Crippen LogP contribution >= 0.6 is 22.9 Å². The van der Waals surface area contributed by atoms with Crippen LogP contribution in [0.5, 0.6) is 0 Å². The fraction of sp³-hybridized carbons (Fsp3) is 0.276. The van der Waals surface area contributed by atoms with Gasteiger partial charge in [-0.3, -0.25) is 9.13 Å². The molecule has 0 bridgehead atoms. The summed E-state index contributed by atoms with van der Waals surface area (Å²) < 4.78 is 10.2. The summed E-state index contributed by atoms with van der Waals surface area (Å²) in [5, 5.41) is 11.6. The van der Waals surface area contributed by atoms with Crippen LogP contribution in [0.2, 0.25) is 5.02 Å². The molecule has 0 saturated heterocycles. The van der Waals surface area contributed by atoms with E-state index >= 15 is 0 Å². The highest BCUT2D eigenvalue weighted by molar-refractivity contribution is 7.22. The van der Waals surface area contributed by atoms with Crippen molar-refractivity contribution in [3.05, 3.63) is 75.2 Å². The Morgan fingerprint density at radius 1 is 1.03 bits per heavy atom. The van der Waals surface area contributed by atoms with Gasteiger partial charge in [0.15, 0.2) is 6.10 Å². The minimum Gasteiger partial charge on any atom is -0.479 e. The van der Waals surface area contributed by atoms with Crippen molar-refractivity contribution in [3.8, 4) is 21.7 Å². The Bertz CT molecular complexity index is 1770. The van der Waals surface area contributed by atoms with Crippen LogP contribution in [0.15, 0.2) is 53.3 Å². The Morgan fingerprint density at radius 3 is 2.29 bits per heavy atom. The molecule has 1 N–H and O–H groups in total. The summed E-state index contributed by atoms with van der Waals surface area (Å²) in [7, 11) is 3.51. The van der Waals surface area contributed by atoms with Gasteiger partial charge in [0.25, 0.3) is 0 Å². The summed E-state index contributed by atoms with van der Waals surface area (Å²) in [6.45, 7) is 7.42. The van der Waals surface area contributed by atoms with Crippen molar-refractivity contribution < 1.29 is 14.6 Å². The summed E-state index contributed by atoms with van der Waals surface area (Å²) in [6.07, 6.45) is -1.18. The van der Waals surface area contributed by atoms with Gasteiger partial charge in [0, 0.05) is 35.8 Å². The maximum Gasteiger partial charge on any atom is 0.337 e. The first-order valence-electron chi connectivity index (χ1n) is 12.1. The molecule has 7 nitrogen and oxygen atoms in total. The number of rotatable bonds is 5. The molecule has 1 atom stereocenters. The molecule has 0 radical (unpaired) electrons. The lowest BCUT2D eigenvalue weighted by atomic mass is 9.91. The molecule has 2 heterocycles. The smallest absolute Gasteiger partial charge is 0.337 e. The van der Waals surface area contributed by atoms with E-state index in [2.05, 4.69) is 0 Å². The van der Waals surface area contributed by atoms with Gasteiger partial charge >= 0.3 is 11.7 Å². The molecule has 0 aliphatic rings. The van der Waals surface area contributed by atoms with Crippen molar-refractivity contribution in [2.45, 2.75) is 39.4 Å². The maximum atomic E-state index is 12.5. The lowest BCUT2D eigenvalue weighted by molar-refractivity contribution is -0.160. The van der Waals surface area contributed by atoms with E-state index in [1.54, 1.807) is 35.4 Å². The van der Waals surface area contributed by atoms with E-state index in [-0.39, 0.29) is 5.69 Å². The average molecular weight is 550 g/mol. The molecule has 0 spiro atoms. The number of imidazole rings is 1. The van der Waals surface area contributed by atoms with Crippen LogP contribution in [-0.4, -0.2) is 30.8 Å². The molecular weight excluding hydrogens is 522 g/mol. The normalized spacial score (nSPS) is 12.9. The number of benzene rings is 3. The van der Waals surface area contributed by atoms with Crippen LogP contribution in [0.4, 0.5) is 0 Å². The Balaban J connectivity index is 1.79. The zero-order chi connectivity index (χ0) is 27.5. The van der Waals surface area contributed by atoms with Gasteiger partial charge in [-0.2, -0.15) is 0 Å². The standard InChI is InChI=1S/C29H28ClN3O4S/c1-15-13-19-25(38-26(31-19)17-9-12-20-21(14-17)33(6)28(36)32(20)5)23(16-7-10-18(30)11-8-16)22(15)24(27(34)35)37-29(2,3)4/h7-14,24H,1-6H3,(H,34,35). The zero-order valence-electron chi connectivity index (χ0n) is 22.0. The number of carboxylic acids is 1. The number of nitrogens with zero attached hydrogens (tertiary/aromatic N) is 3. The second kappa shape index (κ2) is 9.38. The van der Waals surface area contributed by atoms with E-state index in [1.165, 1.54) is 11.3 Å². The number of fused-ring (bicyclic) bond motifs is 2. The lowest BCUT2D eigenvalue weighted by Gasteiger charge is -2.28. The van der Waals surface area contributed by atoms with Gasteiger partial charge in [-0.15, -0.1) is 11.3 Å². The molecule has 0 aliphatic heterocycles. The Kier molecular flexibility index (Phi) is 6.46. The number of ether oxygens (including phenoxy) is 1. The molecule has 1 unspecified atom stereocenters. The van der Waals surface area contributed by atoms with E-state index in [4.69, 9.17) is 21.3 Å². The molecule has 0 aliphatic carbocycles. The number of aryl methyl sites for hydroxylation is 3. The second-order valence-electron chi connectivity index (χ2n) is 10.4. The number of thiazole rings is 1. The molecule has 9 heteroatoms. The summed E-state index contributed by atoms with van der Waals surface area (Å²) >= 11 is 7.68. The van der Waals surface area contributed by atoms with Gasteiger partial charge in [-0.1, -0.05) is 23.7 Å². The van der Waals surface area contributed by atoms with Crippen molar-refractivity contribution in [2.75, 3.05) is 0 Å². The fourth-order valence-corrected chi connectivity index (χ4v) is 6.05. The largest absolute Gasteiger partial charge is 0.479 e. The monoisotopic (exact) mass is 549 g/mol. The highest BCUT2D eigenvalue weighted by atomic mass is 35.5. The van der Waals surface area contributed by atoms with Crippen LogP contribution in [0.3, 0.4) is 0 Å². The van der Waals surface area contributed by atoms with Crippen molar-refractivity contribution in [1.82, 2.24) is 14.1 Å².